The second-order valence-electron chi connectivity index (χ2n) is 12.3. The Bertz CT molecular complexity index is 2660. The van der Waals surface area contributed by atoms with E-state index >= 15 is 0 Å². The maximum Gasteiger partial charge on any atom is 0.164 e. The Morgan fingerprint density at radius 2 is 0.882 bits per heavy atom. The van der Waals surface area contributed by atoms with E-state index in [-0.39, 0.29) is 0 Å². The minimum Gasteiger partial charge on any atom is -0.208 e. The van der Waals surface area contributed by atoms with Gasteiger partial charge in [0.25, 0.3) is 0 Å². The molecule has 0 amide bonds. The molecule has 0 saturated heterocycles. The molecule has 5 heteroatoms. The van der Waals surface area contributed by atoms with Gasteiger partial charge in [-0.3, -0.25) is 0 Å². The molecule has 0 bridgehead atoms. The quantitative estimate of drug-likeness (QED) is 0.177. The summed E-state index contributed by atoms with van der Waals surface area (Å²) in [5, 5.41) is 11.8. The van der Waals surface area contributed by atoms with E-state index in [1.165, 1.54) is 10.3 Å². The number of benzene rings is 7. The molecule has 0 aliphatic heterocycles. The highest BCUT2D eigenvalue weighted by Gasteiger charge is 2.22. The molecular weight excluding hydrogens is 641 g/mol. The van der Waals surface area contributed by atoms with E-state index in [2.05, 4.69) is 91.0 Å². The van der Waals surface area contributed by atoms with Crippen LogP contribution in [0, 0.1) is 11.3 Å². The number of hydrogen-bond donors (Lipinski definition) is 0. The van der Waals surface area contributed by atoms with Crippen LogP contribution in [0.5, 0.6) is 0 Å². The van der Waals surface area contributed by atoms with Gasteiger partial charge in [-0.05, 0) is 58.1 Å². The van der Waals surface area contributed by atoms with Gasteiger partial charge >= 0.3 is 0 Å². The van der Waals surface area contributed by atoms with Crippen LogP contribution in [0.4, 0.5) is 0 Å². The third-order valence-electron chi connectivity index (χ3n) is 9.18. The standard InChI is InChI=1S/C46H28N4S/c47-29-30-21-23-33(24-22-30)37-25-26-38(46-49-44(34-17-9-3-10-18-34)48-45(50-46)35-19-11-4-12-20-35)41-40-28-36(31-13-5-1-6-14-31)27-39(42(40)51-43(37)41)32-15-7-2-8-16-32/h1-28H. The largest absolute Gasteiger partial charge is 0.208 e. The second kappa shape index (κ2) is 12.9. The van der Waals surface area contributed by atoms with Gasteiger partial charge in [0, 0.05) is 42.4 Å². The number of hydrogen-bond acceptors (Lipinski definition) is 5. The Morgan fingerprint density at radius 3 is 1.45 bits per heavy atom. The normalized spacial score (nSPS) is 11.1. The van der Waals surface area contributed by atoms with Crippen molar-refractivity contribution in [1.82, 2.24) is 15.0 Å². The predicted molar refractivity (Wildman–Crippen MR) is 210 cm³/mol. The van der Waals surface area contributed by atoms with Crippen LogP contribution in [0.3, 0.4) is 0 Å². The smallest absolute Gasteiger partial charge is 0.164 e. The summed E-state index contributed by atoms with van der Waals surface area (Å²) in [4.78, 5) is 15.3. The lowest BCUT2D eigenvalue weighted by molar-refractivity contribution is 1.08. The molecule has 51 heavy (non-hydrogen) atoms. The first-order valence-corrected chi connectivity index (χ1v) is 17.6. The zero-order valence-corrected chi connectivity index (χ0v) is 28.2. The Hall–Kier alpha value is -6.74. The number of nitrogens with zero attached hydrogens (tertiary/aromatic N) is 4. The molecule has 9 rings (SSSR count). The fourth-order valence-corrected chi connectivity index (χ4v) is 8.06. The first-order chi connectivity index (χ1) is 25.2. The van der Waals surface area contributed by atoms with E-state index < -0.39 is 0 Å². The Labute approximate surface area is 299 Å². The SMILES string of the molecule is N#Cc1ccc(-c2ccc(-c3nc(-c4ccccc4)nc(-c4ccccc4)n3)c3c2sc2c(-c4ccccc4)cc(-c4ccccc4)cc23)cc1. The fraction of sp³-hybridized carbons (Fsp3) is 0. The maximum atomic E-state index is 9.53. The third kappa shape index (κ3) is 5.64. The van der Waals surface area contributed by atoms with Crippen molar-refractivity contribution in [3.05, 3.63) is 175 Å². The van der Waals surface area contributed by atoms with Crippen molar-refractivity contribution in [2.75, 3.05) is 0 Å². The Balaban J connectivity index is 1.40. The zero-order chi connectivity index (χ0) is 34.1. The lowest BCUT2D eigenvalue weighted by Gasteiger charge is -2.12. The van der Waals surface area contributed by atoms with E-state index in [4.69, 9.17) is 15.0 Å². The molecule has 9 aromatic rings. The zero-order valence-electron chi connectivity index (χ0n) is 27.4. The summed E-state index contributed by atoms with van der Waals surface area (Å²) in [7, 11) is 0. The first-order valence-electron chi connectivity index (χ1n) is 16.8. The molecule has 0 aliphatic carbocycles. The summed E-state index contributed by atoms with van der Waals surface area (Å²) >= 11 is 1.79. The van der Waals surface area contributed by atoms with Gasteiger partial charge in [0.2, 0.25) is 0 Å². The Morgan fingerprint density at radius 1 is 0.392 bits per heavy atom. The summed E-state index contributed by atoms with van der Waals surface area (Å²) in [6, 6.07) is 60.4. The number of rotatable bonds is 6. The van der Waals surface area contributed by atoms with Crippen LogP contribution in [0.25, 0.3) is 87.7 Å². The van der Waals surface area contributed by atoms with Gasteiger partial charge in [-0.1, -0.05) is 140 Å². The molecular formula is C46H28N4S. The molecule has 4 nitrogen and oxygen atoms in total. The summed E-state index contributed by atoms with van der Waals surface area (Å²) in [6.45, 7) is 0. The predicted octanol–water partition coefficient (Wildman–Crippen LogP) is 12.1. The van der Waals surface area contributed by atoms with Crippen LogP contribution in [0.2, 0.25) is 0 Å². The van der Waals surface area contributed by atoms with Gasteiger partial charge in [-0.15, -0.1) is 11.3 Å². The summed E-state index contributed by atoms with van der Waals surface area (Å²) in [5.41, 5.74) is 10.2. The maximum absolute atomic E-state index is 9.53. The van der Waals surface area contributed by atoms with E-state index in [1.54, 1.807) is 11.3 Å². The van der Waals surface area contributed by atoms with Gasteiger partial charge in [0.1, 0.15) is 0 Å². The van der Waals surface area contributed by atoms with Crippen molar-refractivity contribution in [3.8, 4) is 73.6 Å². The van der Waals surface area contributed by atoms with Gasteiger partial charge in [-0.25, -0.2) is 15.0 Å². The molecule has 0 saturated carbocycles. The second-order valence-corrected chi connectivity index (χ2v) is 13.3. The molecule has 7 aromatic carbocycles. The first kappa shape index (κ1) is 30.3. The lowest BCUT2D eigenvalue weighted by Crippen LogP contribution is -2.00. The van der Waals surface area contributed by atoms with Crippen molar-refractivity contribution in [1.29, 1.82) is 5.26 Å². The van der Waals surface area contributed by atoms with Gasteiger partial charge in [-0.2, -0.15) is 5.26 Å². The van der Waals surface area contributed by atoms with Crippen molar-refractivity contribution in [2.24, 2.45) is 0 Å². The molecule has 0 aliphatic rings. The van der Waals surface area contributed by atoms with Gasteiger partial charge in [0.05, 0.1) is 11.6 Å². The van der Waals surface area contributed by atoms with Crippen LogP contribution >= 0.6 is 11.3 Å². The van der Waals surface area contributed by atoms with Crippen LogP contribution in [-0.2, 0) is 0 Å². The minimum absolute atomic E-state index is 0.616. The van der Waals surface area contributed by atoms with Gasteiger partial charge < -0.3 is 0 Å². The average molecular weight is 669 g/mol. The number of thiophene rings is 1. The number of aromatic nitrogens is 3. The molecule has 2 aromatic heterocycles. The molecule has 238 valence electrons. The third-order valence-corrected chi connectivity index (χ3v) is 10.4. The van der Waals surface area contributed by atoms with Crippen molar-refractivity contribution >= 4 is 31.5 Å². The van der Waals surface area contributed by atoms with Crippen molar-refractivity contribution < 1.29 is 0 Å². The molecule has 0 unspecified atom stereocenters. The fourth-order valence-electron chi connectivity index (χ4n) is 6.68. The Kier molecular flexibility index (Phi) is 7.70. The molecule has 2 heterocycles. The minimum atomic E-state index is 0.616. The van der Waals surface area contributed by atoms with Crippen LogP contribution < -0.4 is 0 Å². The number of fused-ring (bicyclic) bond motifs is 3. The average Bonchev–Trinajstić information content (AvgIpc) is 3.61. The molecule has 0 spiro atoms. The van der Waals surface area contributed by atoms with Crippen LogP contribution in [0.15, 0.2) is 170 Å². The molecule has 0 N–H and O–H groups in total. The van der Waals surface area contributed by atoms with Crippen LogP contribution in [0.1, 0.15) is 5.56 Å². The van der Waals surface area contributed by atoms with Crippen molar-refractivity contribution in [2.45, 2.75) is 0 Å². The highest BCUT2D eigenvalue weighted by atomic mass is 32.1. The number of nitriles is 1. The van der Waals surface area contributed by atoms with Crippen molar-refractivity contribution in [3.63, 3.8) is 0 Å². The van der Waals surface area contributed by atoms with E-state index in [0.717, 1.165) is 60.0 Å². The summed E-state index contributed by atoms with van der Waals surface area (Å²) < 4.78 is 2.33. The van der Waals surface area contributed by atoms with Crippen LogP contribution in [-0.4, -0.2) is 15.0 Å². The molecule has 0 radical (unpaired) electrons. The topological polar surface area (TPSA) is 62.5 Å². The van der Waals surface area contributed by atoms with E-state index in [0.29, 0.717) is 23.0 Å². The summed E-state index contributed by atoms with van der Waals surface area (Å²) in [5.74, 6) is 1.86. The lowest BCUT2D eigenvalue weighted by atomic mass is 9.93. The summed E-state index contributed by atoms with van der Waals surface area (Å²) in [6.07, 6.45) is 0. The highest BCUT2D eigenvalue weighted by Crippen LogP contribution is 2.48. The van der Waals surface area contributed by atoms with E-state index in [1.807, 2.05) is 84.9 Å². The monoisotopic (exact) mass is 668 g/mol. The molecule has 0 fully saturated rings. The molecule has 0 atom stereocenters. The van der Waals surface area contributed by atoms with Gasteiger partial charge in [0.15, 0.2) is 17.5 Å². The van der Waals surface area contributed by atoms with E-state index in [9.17, 15) is 5.26 Å². The highest BCUT2D eigenvalue weighted by molar-refractivity contribution is 7.27.